The van der Waals surface area contributed by atoms with Crippen LogP contribution in [0.4, 0.5) is 0 Å². The second-order valence-corrected chi connectivity index (χ2v) is 3.00. The highest BCUT2D eigenvalue weighted by Crippen LogP contribution is 2.42. The quantitative estimate of drug-likeness (QED) is 0.343. The van der Waals surface area contributed by atoms with Gasteiger partial charge in [-0.25, -0.2) is 4.79 Å². The summed E-state index contributed by atoms with van der Waals surface area (Å²) in [6.07, 6.45) is -0.204. The van der Waals surface area contributed by atoms with E-state index in [0.29, 0.717) is 0 Å². The maximum absolute atomic E-state index is 10.7. The number of fused-ring (bicyclic) bond motifs is 1. The van der Waals surface area contributed by atoms with Gasteiger partial charge >= 0.3 is 5.97 Å². The fourth-order valence-corrected chi connectivity index (χ4v) is 1.20. The van der Waals surface area contributed by atoms with Gasteiger partial charge in [-0.15, -0.1) is 0 Å². The summed E-state index contributed by atoms with van der Waals surface area (Å²) in [6.45, 7) is 3.73. The zero-order valence-electron chi connectivity index (χ0n) is 5.38. The number of hydrogen-bond donors (Lipinski definition) is 0. The molecule has 2 rings (SSSR count). The maximum Gasteiger partial charge on any atom is 0.338 e. The van der Waals surface area contributed by atoms with Gasteiger partial charge in [0.1, 0.15) is 11.7 Å². The third kappa shape index (κ3) is 0.525. The minimum absolute atomic E-state index is 0.0324. The molecule has 0 spiro atoms. The van der Waals surface area contributed by atoms with Crippen molar-refractivity contribution >= 4 is 5.97 Å². The second kappa shape index (κ2) is 1.14. The molecule has 0 aliphatic carbocycles. The van der Waals surface area contributed by atoms with Crippen molar-refractivity contribution in [3.05, 3.63) is 0 Å². The number of ether oxygens (including phenoxy) is 2. The topological polar surface area (TPSA) is 38.8 Å². The first-order valence-electron chi connectivity index (χ1n) is 2.99. The van der Waals surface area contributed by atoms with E-state index in [-0.39, 0.29) is 23.8 Å². The molecular weight excluding hydrogens is 120 g/mol. The van der Waals surface area contributed by atoms with E-state index in [1.165, 1.54) is 0 Å². The normalized spacial score (nSPS) is 44.0. The molecular formula is C6H8O3. The lowest BCUT2D eigenvalue weighted by atomic mass is 10.1. The Balaban J connectivity index is 2.26. The van der Waals surface area contributed by atoms with Crippen molar-refractivity contribution in [2.45, 2.75) is 31.7 Å². The van der Waals surface area contributed by atoms with Crippen LogP contribution >= 0.6 is 0 Å². The van der Waals surface area contributed by atoms with Gasteiger partial charge in [0.05, 0.1) is 0 Å². The predicted octanol–water partition coefficient (Wildman–Crippen LogP) is 0.0892. The van der Waals surface area contributed by atoms with Crippen LogP contribution in [-0.4, -0.2) is 23.8 Å². The molecule has 0 unspecified atom stereocenters. The molecule has 0 bridgehead atoms. The van der Waals surface area contributed by atoms with Crippen LogP contribution in [0.3, 0.4) is 0 Å². The minimum atomic E-state index is -0.373. The Bertz CT molecular complexity index is 173. The van der Waals surface area contributed by atoms with E-state index >= 15 is 0 Å². The molecule has 0 radical (unpaired) electrons. The summed E-state index contributed by atoms with van der Waals surface area (Å²) in [4.78, 5) is 10.7. The standard InChI is InChI=1S/C6H8O3/c1-6(2)4-3(8-4)5(7)9-6/h3-4H,1-2H3/t3-,4+/m1/s1. The van der Waals surface area contributed by atoms with Crippen molar-refractivity contribution in [2.75, 3.05) is 0 Å². The Morgan fingerprint density at radius 2 is 2.22 bits per heavy atom. The summed E-state index contributed by atoms with van der Waals surface area (Å²) in [5.74, 6) is -0.204. The first kappa shape index (κ1) is 5.23. The van der Waals surface area contributed by atoms with E-state index in [1.54, 1.807) is 0 Å². The zero-order valence-corrected chi connectivity index (χ0v) is 5.38. The number of cyclic esters (lactones) is 1. The molecule has 0 aromatic carbocycles. The highest BCUT2D eigenvalue weighted by atomic mass is 16.7. The van der Waals surface area contributed by atoms with Gasteiger partial charge in [0.25, 0.3) is 0 Å². The Hall–Kier alpha value is -0.570. The van der Waals surface area contributed by atoms with E-state index in [4.69, 9.17) is 9.47 Å². The number of carbonyl (C=O) groups is 1. The van der Waals surface area contributed by atoms with E-state index in [0.717, 1.165) is 0 Å². The zero-order chi connectivity index (χ0) is 6.65. The molecule has 3 heteroatoms. The minimum Gasteiger partial charge on any atom is -0.455 e. The van der Waals surface area contributed by atoms with Crippen molar-refractivity contribution in [3.63, 3.8) is 0 Å². The number of esters is 1. The molecule has 2 aliphatic heterocycles. The van der Waals surface area contributed by atoms with Crippen molar-refractivity contribution in [3.8, 4) is 0 Å². The Morgan fingerprint density at radius 1 is 1.56 bits per heavy atom. The largest absolute Gasteiger partial charge is 0.455 e. The summed E-state index contributed by atoms with van der Waals surface area (Å²) >= 11 is 0. The van der Waals surface area contributed by atoms with E-state index in [1.807, 2.05) is 13.8 Å². The summed E-state index contributed by atoms with van der Waals surface area (Å²) in [5.41, 5.74) is -0.373. The number of hydrogen-bond acceptors (Lipinski definition) is 3. The van der Waals surface area contributed by atoms with Crippen molar-refractivity contribution in [1.82, 2.24) is 0 Å². The molecule has 0 aromatic rings. The molecule has 2 aliphatic rings. The molecule has 9 heavy (non-hydrogen) atoms. The molecule has 2 heterocycles. The SMILES string of the molecule is CC1(C)OC(=O)[C@@H]2O[C@@H]21. The highest BCUT2D eigenvalue weighted by molar-refractivity contribution is 5.81. The molecule has 50 valence electrons. The Kier molecular flexibility index (Phi) is 0.662. The van der Waals surface area contributed by atoms with Crippen molar-refractivity contribution < 1.29 is 14.3 Å². The molecule has 0 amide bonds. The fraction of sp³-hybridized carbons (Fsp3) is 0.833. The van der Waals surface area contributed by atoms with Gasteiger partial charge in [-0.05, 0) is 13.8 Å². The highest BCUT2D eigenvalue weighted by Gasteiger charge is 2.63. The predicted molar refractivity (Wildman–Crippen MR) is 28.8 cm³/mol. The van der Waals surface area contributed by atoms with Crippen LogP contribution in [0.25, 0.3) is 0 Å². The first-order valence-corrected chi connectivity index (χ1v) is 2.99. The van der Waals surface area contributed by atoms with Crippen LogP contribution in [0.2, 0.25) is 0 Å². The number of rotatable bonds is 0. The molecule has 2 fully saturated rings. The summed E-state index contributed by atoms with van der Waals surface area (Å²) in [6, 6.07) is 0. The lowest BCUT2D eigenvalue weighted by molar-refractivity contribution is -0.156. The van der Waals surface area contributed by atoms with Crippen LogP contribution in [0.5, 0.6) is 0 Å². The van der Waals surface area contributed by atoms with E-state index in [2.05, 4.69) is 0 Å². The number of carbonyl (C=O) groups excluding carboxylic acids is 1. The average molecular weight is 128 g/mol. The van der Waals surface area contributed by atoms with Gasteiger partial charge < -0.3 is 9.47 Å². The smallest absolute Gasteiger partial charge is 0.338 e. The third-order valence-corrected chi connectivity index (χ3v) is 1.77. The van der Waals surface area contributed by atoms with Crippen LogP contribution < -0.4 is 0 Å². The van der Waals surface area contributed by atoms with E-state index in [9.17, 15) is 4.79 Å². The van der Waals surface area contributed by atoms with Gasteiger partial charge in [0.2, 0.25) is 0 Å². The van der Waals surface area contributed by atoms with Gasteiger partial charge in [-0.2, -0.15) is 0 Å². The van der Waals surface area contributed by atoms with Crippen LogP contribution in [-0.2, 0) is 14.3 Å². The van der Waals surface area contributed by atoms with Crippen molar-refractivity contribution in [2.24, 2.45) is 0 Å². The van der Waals surface area contributed by atoms with Crippen LogP contribution in [0, 0.1) is 0 Å². The Morgan fingerprint density at radius 3 is 2.33 bits per heavy atom. The van der Waals surface area contributed by atoms with Gasteiger partial charge in [0.15, 0.2) is 6.10 Å². The summed E-state index contributed by atoms with van der Waals surface area (Å²) < 4.78 is 9.95. The van der Waals surface area contributed by atoms with Crippen LogP contribution in [0.15, 0.2) is 0 Å². The molecule has 2 atom stereocenters. The average Bonchev–Trinajstić information content (AvgIpc) is 2.33. The van der Waals surface area contributed by atoms with Gasteiger partial charge in [-0.1, -0.05) is 0 Å². The molecule has 0 N–H and O–H groups in total. The van der Waals surface area contributed by atoms with Gasteiger partial charge in [0, 0.05) is 0 Å². The van der Waals surface area contributed by atoms with E-state index < -0.39 is 0 Å². The summed E-state index contributed by atoms with van der Waals surface area (Å²) in [7, 11) is 0. The van der Waals surface area contributed by atoms with Gasteiger partial charge in [-0.3, -0.25) is 0 Å². The third-order valence-electron chi connectivity index (χ3n) is 1.77. The fourth-order valence-electron chi connectivity index (χ4n) is 1.20. The number of epoxide rings is 1. The lowest BCUT2D eigenvalue weighted by Gasteiger charge is -2.17. The second-order valence-electron chi connectivity index (χ2n) is 3.00. The molecule has 2 saturated heterocycles. The van der Waals surface area contributed by atoms with Crippen LogP contribution in [0.1, 0.15) is 13.8 Å². The lowest BCUT2D eigenvalue weighted by Crippen LogP contribution is -2.27. The maximum atomic E-state index is 10.7. The Labute approximate surface area is 52.9 Å². The molecule has 0 saturated carbocycles. The molecule has 0 aromatic heterocycles. The van der Waals surface area contributed by atoms with Crippen molar-refractivity contribution in [1.29, 1.82) is 0 Å². The molecule has 3 nitrogen and oxygen atoms in total. The first-order chi connectivity index (χ1) is 4.11. The monoisotopic (exact) mass is 128 g/mol. The summed E-state index contributed by atoms with van der Waals surface area (Å²) in [5, 5.41) is 0.